The number of carboxylic acid groups (broad SMARTS) is 1. The maximum Gasteiger partial charge on any atom is 0.329 e. The van der Waals surface area contributed by atoms with Gasteiger partial charge in [0, 0.05) is 11.6 Å². The van der Waals surface area contributed by atoms with Crippen molar-refractivity contribution < 1.29 is 19.5 Å². The number of carbonyl (C=O) groups excluding carboxylic acids is 2. The summed E-state index contributed by atoms with van der Waals surface area (Å²) in [6, 6.07) is 7.10. The summed E-state index contributed by atoms with van der Waals surface area (Å²) in [6.07, 6.45) is 4.65. The van der Waals surface area contributed by atoms with E-state index in [1.54, 1.807) is 24.3 Å². The molecule has 24 heavy (non-hydrogen) atoms. The third-order valence-corrected chi connectivity index (χ3v) is 4.78. The van der Waals surface area contributed by atoms with Crippen LogP contribution in [0.25, 0.3) is 0 Å². The molecule has 0 aromatic heterocycles. The van der Waals surface area contributed by atoms with Gasteiger partial charge in [0.05, 0.1) is 6.42 Å². The van der Waals surface area contributed by atoms with Crippen LogP contribution in [0.4, 0.5) is 5.69 Å². The van der Waals surface area contributed by atoms with Gasteiger partial charge in [0.1, 0.15) is 5.54 Å². The number of hydrogen-bond acceptors (Lipinski definition) is 3. The van der Waals surface area contributed by atoms with Crippen molar-refractivity contribution in [3.05, 3.63) is 29.8 Å². The molecule has 0 unspecified atom stereocenters. The lowest BCUT2D eigenvalue weighted by Gasteiger charge is -2.25. The van der Waals surface area contributed by atoms with Crippen LogP contribution < -0.4 is 10.6 Å². The fourth-order valence-corrected chi connectivity index (χ4v) is 3.16. The van der Waals surface area contributed by atoms with Crippen LogP contribution in [0.15, 0.2) is 24.3 Å². The Morgan fingerprint density at radius 3 is 2.25 bits per heavy atom. The van der Waals surface area contributed by atoms with Crippen molar-refractivity contribution in [2.24, 2.45) is 5.92 Å². The average molecular weight is 330 g/mol. The van der Waals surface area contributed by atoms with Gasteiger partial charge >= 0.3 is 5.97 Å². The maximum atomic E-state index is 12.2. The number of carbonyl (C=O) groups is 3. The second kappa shape index (κ2) is 6.63. The fourth-order valence-electron chi connectivity index (χ4n) is 3.16. The molecule has 2 aliphatic rings. The number of benzene rings is 1. The zero-order valence-electron chi connectivity index (χ0n) is 13.5. The first-order valence-corrected chi connectivity index (χ1v) is 8.43. The van der Waals surface area contributed by atoms with Crippen LogP contribution in [-0.2, 0) is 20.8 Å². The number of anilines is 1. The average Bonchev–Trinajstić information content (AvgIpc) is 3.29. The summed E-state index contributed by atoms with van der Waals surface area (Å²) in [4.78, 5) is 35.4. The molecule has 0 bridgehead atoms. The Hall–Kier alpha value is -2.37. The van der Waals surface area contributed by atoms with Gasteiger partial charge < -0.3 is 15.7 Å². The van der Waals surface area contributed by atoms with Crippen LogP contribution >= 0.6 is 0 Å². The second-order valence-corrected chi connectivity index (χ2v) is 6.78. The van der Waals surface area contributed by atoms with Crippen LogP contribution in [0.2, 0.25) is 0 Å². The number of nitrogens with one attached hydrogen (secondary N) is 2. The van der Waals surface area contributed by atoms with Gasteiger partial charge in [-0.05, 0) is 43.4 Å². The summed E-state index contributed by atoms with van der Waals surface area (Å²) in [5, 5.41) is 14.9. The number of amides is 2. The van der Waals surface area contributed by atoms with Crippen molar-refractivity contribution in [1.29, 1.82) is 0 Å². The highest BCUT2D eigenvalue weighted by atomic mass is 16.4. The largest absolute Gasteiger partial charge is 0.480 e. The van der Waals surface area contributed by atoms with E-state index < -0.39 is 11.5 Å². The molecular weight excluding hydrogens is 308 g/mol. The number of aliphatic carboxylic acids is 1. The fraction of sp³-hybridized carbons (Fsp3) is 0.500. The van der Waals surface area contributed by atoms with Crippen molar-refractivity contribution in [2.75, 3.05) is 5.32 Å². The molecule has 0 spiro atoms. The number of carboxylic acids is 1. The monoisotopic (exact) mass is 330 g/mol. The summed E-state index contributed by atoms with van der Waals surface area (Å²) in [6.45, 7) is 0. The molecule has 0 atom stereocenters. The smallest absolute Gasteiger partial charge is 0.329 e. The Kier molecular flexibility index (Phi) is 4.55. The highest BCUT2D eigenvalue weighted by Gasteiger charge is 2.42. The molecule has 1 aromatic rings. The molecule has 0 saturated heterocycles. The van der Waals surface area contributed by atoms with Gasteiger partial charge in [0.2, 0.25) is 11.8 Å². The standard InChI is InChI=1S/C18H22N2O4/c21-15(20-18(17(23)24)9-1-2-10-18)11-12-3-7-14(8-4-12)19-16(22)13-5-6-13/h3-4,7-8,13H,1-2,5-6,9-11H2,(H,19,22)(H,20,21)(H,23,24). The van der Waals surface area contributed by atoms with E-state index in [0.29, 0.717) is 18.5 Å². The van der Waals surface area contributed by atoms with Gasteiger partial charge in [0.15, 0.2) is 0 Å². The van der Waals surface area contributed by atoms with E-state index in [4.69, 9.17) is 0 Å². The summed E-state index contributed by atoms with van der Waals surface area (Å²) in [5.74, 6) is -1.04. The van der Waals surface area contributed by atoms with E-state index in [-0.39, 0.29) is 24.2 Å². The van der Waals surface area contributed by atoms with Gasteiger partial charge in [-0.2, -0.15) is 0 Å². The lowest BCUT2D eigenvalue weighted by Crippen LogP contribution is -2.52. The first-order chi connectivity index (χ1) is 11.5. The first-order valence-electron chi connectivity index (χ1n) is 8.43. The van der Waals surface area contributed by atoms with Crippen molar-refractivity contribution in [3.63, 3.8) is 0 Å². The van der Waals surface area contributed by atoms with E-state index in [1.807, 2.05) is 0 Å². The summed E-state index contributed by atoms with van der Waals surface area (Å²) in [7, 11) is 0. The van der Waals surface area contributed by atoms with E-state index in [2.05, 4.69) is 10.6 Å². The van der Waals surface area contributed by atoms with E-state index >= 15 is 0 Å². The van der Waals surface area contributed by atoms with Crippen molar-refractivity contribution >= 4 is 23.5 Å². The molecule has 2 amide bonds. The molecule has 6 nitrogen and oxygen atoms in total. The van der Waals surface area contributed by atoms with Crippen LogP contribution in [0, 0.1) is 5.92 Å². The number of hydrogen-bond donors (Lipinski definition) is 3. The van der Waals surface area contributed by atoms with Crippen molar-refractivity contribution in [3.8, 4) is 0 Å². The Bertz CT molecular complexity index is 643. The molecule has 1 aromatic carbocycles. The Balaban J connectivity index is 1.56. The maximum absolute atomic E-state index is 12.2. The summed E-state index contributed by atoms with van der Waals surface area (Å²) in [5.41, 5.74) is 0.402. The molecule has 2 aliphatic carbocycles. The molecule has 0 heterocycles. The van der Waals surface area contributed by atoms with E-state index in [9.17, 15) is 19.5 Å². The molecule has 3 N–H and O–H groups in total. The van der Waals surface area contributed by atoms with Crippen LogP contribution in [0.5, 0.6) is 0 Å². The minimum Gasteiger partial charge on any atom is -0.480 e. The quantitative estimate of drug-likeness (QED) is 0.744. The van der Waals surface area contributed by atoms with Gasteiger partial charge in [-0.3, -0.25) is 9.59 Å². The Labute approximate surface area is 140 Å². The zero-order valence-corrected chi connectivity index (χ0v) is 13.5. The molecule has 3 rings (SSSR count). The molecule has 2 fully saturated rings. The highest BCUT2D eigenvalue weighted by Crippen LogP contribution is 2.31. The summed E-state index contributed by atoms with van der Waals surface area (Å²) < 4.78 is 0. The van der Waals surface area contributed by atoms with E-state index in [1.165, 1.54) is 0 Å². The topological polar surface area (TPSA) is 95.5 Å². The predicted molar refractivity (Wildman–Crippen MR) is 88.5 cm³/mol. The van der Waals surface area contributed by atoms with Crippen LogP contribution in [-0.4, -0.2) is 28.4 Å². The van der Waals surface area contributed by atoms with Crippen LogP contribution in [0.3, 0.4) is 0 Å². The normalized spacial score (nSPS) is 18.8. The van der Waals surface area contributed by atoms with Crippen LogP contribution in [0.1, 0.15) is 44.1 Å². The van der Waals surface area contributed by atoms with Gasteiger partial charge in [-0.25, -0.2) is 4.79 Å². The van der Waals surface area contributed by atoms with Gasteiger partial charge in [0.25, 0.3) is 0 Å². The third kappa shape index (κ3) is 3.75. The predicted octanol–water partition coefficient (Wildman–Crippen LogP) is 2.09. The molecule has 128 valence electrons. The molecular formula is C18H22N2O4. The highest BCUT2D eigenvalue weighted by molar-refractivity contribution is 5.94. The first kappa shape index (κ1) is 16.5. The van der Waals surface area contributed by atoms with Crippen molar-refractivity contribution in [2.45, 2.75) is 50.5 Å². The molecule has 6 heteroatoms. The molecule has 0 aliphatic heterocycles. The second-order valence-electron chi connectivity index (χ2n) is 6.78. The van der Waals surface area contributed by atoms with E-state index in [0.717, 1.165) is 31.2 Å². The lowest BCUT2D eigenvalue weighted by atomic mass is 9.97. The minimum atomic E-state index is -1.10. The zero-order chi connectivity index (χ0) is 17.2. The van der Waals surface area contributed by atoms with Crippen molar-refractivity contribution in [1.82, 2.24) is 5.32 Å². The van der Waals surface area contributed by atoms with Gasteiger partial charge in [-0.15, -0.1) is 0 Å². The Morgan fingerprint density at radius 1 is 1.08 bits per heavy atom. The number of rotatable bonds is 6. The molecule has 0 radical (unpaired) electrons. The SMILES string of the molecule is O=C(Cc1ccc(NC(=O)C2CC2)cc1)NC1(C(=O)O)CCCC1. The Morgan fingerprint density at radius 2 is 1.71 bits per heavy atom. The minimum absolute atomic E-state index is 0.0464. The molecule has 2 saturated carbocycles. The third-order valence-electron chi connectivity index (χ3n) is 4.78. The lowest BCUT2D eigenvalue weighted by molar-refractivity contribution is -0.147. The van der Waals surface area contributed by atoms with Gasteiger partial charge in [-0.1, -0.05) is 25.0 Å². The summed E-state index contributed by atoms with van der Waals surface area (Å²) >= 11 is 0.